The summed E-state index contributed by atoms with van der Waals surface area (Å²) in [7, 11) is 0. The normalized spacial score (nSPS) is 14.6. The Hall–Kier alpha value is -1.26. The highest BCUT2D eigenvalue weighted by molar-refractivity contribution is 7.98. The van der Waals surface area contributed by atoms with E-state index in [1.165, 1.54) is 6.20 Å². The predicted octanol–water partition coefficient (Wildman–Crippen LogP) is 4.47. The van der Waals surface area contributed by atoms with Gasteiger partial charge in [0.2, 0.25) is 0 Å². The molecule has 3 rings (SSSR count). The molecule has 1 saturated carbocycles. The minimum atomic E-state index is -0.0554. The third kappa shape index (κ3) is 2.27. The van der Waals surface area contributed by atoms with Crippen molar-refractivity contribution in [1.82, 2.24) is 5.16 Å². The molecule has 1 fully saturated rings. The number of halogens is 1. The van der Waals surface area contributed by atoms with Gasteiger partial charge in [-0.05, 0) is 43.7 Å². The fraction of sp³-hybridized carbons (Fsp3) is 0.333. The molecule has 0 saturated heterocycles. The van der Waals surface area contributed by atoms with Gasteiger partial charge >= 0.3 is 0 Å². The van der Waals surface area contributed by atoms with Crippen LogP contribution in [0.5, 0.6) is 0 Å². The number of ketones is 1. The predicted molar refractivity (Wildman–Crippen MR) is 79.9 cm³/mol. The summed E-state index contributed by atoms with van der Waals surface area (Å²) >= 11 is 7.88. The number of thioether (sulfide) groups is 1. The molecule has 5 heteroatoms. The maximum atomic E-state index is 12.7. The topological polar surface area (TPSA) is 43.1 Å². The zero-order chi connectivity index (χ0) is 14.3. The van der Waals surface area contributed by atoms with Gasteiger partial charge in [0, 0.05) is 16.4 Å². The van der Waals surface area contributed by atoms with Crippen LogP contribution in [-0.2, 0) is 0 Å². The molecule has 0 radical (unpaired) electrons. The number of benzene rings is 1. The molecule has 20 heavy (non-hydrogen) atoms. The van der Waals surface area contributed by atoms with Gasteiger partial charge in [-0.1, -0.05) is 16.8 Å². The maximum absolute atomic E-state index is 12.7. The van der Waals surface area contributed by atoms with Crippen LogP contribution >= 0.6 is 23.4 Å². The first-order valence-electron chi connectivity index (χ1n) is 6.45. The summed E-state index contributed by atoms with van der Waals surface area (Å²) in [5, 5.41) is 4.43. The van der Waals surface area contributed by atoms with Crippen molar-refractivity contribution in [3.63, 3.8) is 0 Å². The lowest BCUT2D eigenvalue weighted by Crippen LogP contribution is -2.05. The quantitative estimate of drug-likeness (QED) is 0.617. The molecule has 1 aliphatic carbocycles. The van der Waals surface area contributed by atoms with E-state index in [1.807, 2.05) is 25.3 Å². The van der Waals surface area contributed by atoms with Crippen LogP contribution in [0.1, 0.15) is 46.0 Å². The fourth-order valence-corrected chi connectivity index (χ4v) is 3.20. The summed E-state index contributed by atoms with van der Waals surface area (Å²) in [6.45, 7) is 1.87. The van der Waals surface area contributed by atoms with E-state index >= 15 is 0 Å². The van der Waals surface area contributed by atoms with E-state index < -0.39 is 0 Å². The number of hydrogen-bond acceptors (Lipinski definition) is 4. The van der Waals surface area contributed by atoms with Gasteiger partial charge in [-0.25, -0.2) is 0 Å². The zero-order valence-corrected chi connectivity index (χ0v) is 12.8. The summed E-state index contributed by atoms with van der Waals surface area (Å²) in [6.07, 6.45) is 5.63. The number of hydrogen-bond donors (Lipinski definition) is 0. The first-order chi connectivity index (χ1) is 9.63. The Morgan fingerprint density at radius 2 is 2.15 bits per heavy atom. The minimum Gasteiger partial charge on any atom is -0.360 e. The Bertz CT molecular complexity index is 677. The Morgan fingerprint density at radius 3 is 2.80 bits per heavy atom. The van der Waals surface area contributed by atoms with Gasteiger partial charge in [-0.2, -0.15) is 0 Å². The minimum absolute atomic E-state index is 0.0554. The molecule has 104 valence electrons. The van der Waals surface area contributed by atoms with Crippen molar-refractivity contribution in [3.8, 4) is 0 Å². The second-order valence-corrected chi connectivity index (χ2v) is 6.19. The number of carbonyl (C=O) groups is 1. The van der Waals surface area contributed by atoms with Crippen LogP contribution in [0.3, 0.4) is 0 Å². The van der Waals surface area contributed by atoms with Gasteiger partial charge in [0.15, 0.2) is 11.5 Å². The summed E-state index contributed by atoms with van der Waals surface area (Å²) in [5.74, 6) is 1.03. The van der Waals surface area contributed by atoms with Gasteiger partial charge in [0.05, 0.1) is 16.8 Å². The van der Waals surface area contributed by atoms with Crippen LogP contribution in [0.4, 0.5) is 0 Å². The zero-order valence-electron chi connectivity index (χ0n) is 11.3. The van der Waals surface area contributed by atoms with Crippen molar-refractivity contribution in [3.05, 3.63) is 45.8 Å². The third-order valence-electron chi connectivity index (χ3n) is 3.61. The molecule has 1 aromatic heterocycles. The van der Waals surface area contributed by atoms with E-state index in [2.05, 4.69) is 5.16 Å². The average molecular weight is 308 g/mol. The molecule has 1 aliphatic rings. The van der Waals surface area contributed by atoms with Gasteiger partial charge in [-0.3, -0.25) is 4.79 Å². The number of nitrogens with zero attached hydrogens (tertiary/aromatic N) is 1. The highest BCUT2D eigenvalue weighted by atomic mass is 35.5. The highest BCUT2D eigenvalue weighted by Crippen LogP contribution is 2.42. The van der Waals surface area contributed by atoms with Crippen LogP contribution in [0.25, 0.3) is 0 Å². The number of aromatic nitrogens is 1. The average Bonchev–Trinajstić information content (AvgIpc) is 3.18. The molecule has 0 aliphatic heterocycles. The van der Waals surface area contributed by atoms with Crippen LogP contribution in [0.15, 0.2) is 27.7 Å². The highest BCUT2D eigenvalue weighted by Gasteiger charge is 2.33. The molecule has 0 bridgehead atoms. The number of rotatable bonds is 4. The van der Waals surface area contributed by atoms with Gasteiger partial charge in [0.1, 0.15) is 0 Å². The molecule has 0 unspecified atom stereocenters. The van der Waals surface area contributed by atoms with Gasteiger partial charge < -0.3 is 4.52 Å². The van der Waals surface area contributed by atoms with Crippen LogP contribution in [0.2, 0.25) is 5.02 Å². The van der Waals surface area contributed by atoms with Crippen molar-refractivity contribution >= 4 is 29.1 Å². The summed E-state index contributed by atoms with van der Waals surface area (Å²) in [6, 6.07) is 3.72. The van der Waals surface area contributed by atoms with E-state index in [0.29, 0.717) is 22.1 Å². The molecule has 2 aromatic rings. The molecule has 3 nitrogen and oxygen atoms in total. The lowest BCUT2D eigenvalue weighted by atomic mass is 9.98. The molecule has 1 aromatic carbocycles. The molecule has 0 N–H and O–H groups in total. The Balaban J connectivity index is 2.02. The van der Waals surface area contributed by atoms with Crippen molar-refractivity contribution in [1.29, 1.82) is 0 Å². The third-order valence-corrected chi connectivity index (χ3v) is 4.99. The van der Waals surface area contributed by atoms with E-state index in [9.17, 15) is 4.79 Å². The maximum Gasteiger partial charge on any atom is 0.198 e. The molecular weight excluding hydrogens is 294 g/mol. The molecule has 0 spiro atoms. The first kappa shape index (κ1) is 13.7. The van der Waals surface area contributed by atoms with Gasteiger partial charge in [0.25, 0.3) is 0 Å². The van der Waals surface area contributed by atoms with E-state index in [1.54, 1.807) is 11.8 Å². The first-order valence-corrected chi connectivity index (χ1v) is 8.06. The lowest BCUT2D eigenvalue weighted by molar-refractivity contribution is 0.103. The standard InChI is InChI=1S/C15H14ClNO2S/c1-8-10(5-6-12(20-2)13(8)16)14(18)11-7-17-19-15(11)9-3-4-9/h5-7,9H,3-4H2,1-2H3. The van der Waals surface area contributed by atoms with E-state index in [0.717, 1.165) is 29.1 Å². The summed E-state index contributed by atoms with van der Waals surface area (Å²) in [5.41, 5.74) is 2.01. The monoisotopic (exact) mass is 307 g/mol. The smallest absolute Gasteiger partial charge is 0.198 e. The van der Waals surface area contributed by atoms with Crippen LogP contribution < -0.4 is 0 Å². The summed E-state index contributed by atoms with van der Waals surface area (Å²) < 4.78 is 5.24. The SMILES string of the molecule is CSc1ccc(C(=O)c2cnoc2C2CC2)c(C)c1Cl. The van der Waals surface area contributed by atoms with E-state index in [-0.39, 0.29) is 5.78 Å². The molecule has 1 heterocycles. The van der Waals surface area contributed by atoms with Crippen LogP contribution in [-0.4, -0.2) is 17.2 Å². The van der Waals surface area contributed by atoms with Crippen molar-refractivity contribution in [2.24, 2.45) is 0 Å². The van der Waals surface area contributed by atoms with Gasteiger partial charge in [-0.15, -0.1) is 11.8 Å². The van der Waals surface area contributed by atoms with Crippen molar-refractivity contribution in [2.75, 3.05) is 6.26 Å². The van der Waals surface area contributed by atoms with E-state index in [4.69, 9.17) is 16.1 Å². The second-order valence-electron chi connectivity index (χ2n) is 4.96. The molecular formula is C15H14ClNO2S. The van der Waals surface area contributed by atoms with Crippen LogP contribution in [0, 0.1) is 6.92 Å². The Morgan fingerprint density at radius 1 is 1.40 bits per heavy atom. The van der Waals surface area contributed by atoms with Crippen molar-refractivity contribution in [2.45, 2.75) is 30.6 Å². The van der Waals surface area contributed by atoms with Crippen molar-refractivity contribution < 1.29 is 9.32 Å². The second kappa shape index (κ2) is 5.26. The molecule has 0 atom stereocenters. The fourth-order valence-electron chi connectivity index (χ4n) is 2.27. The largest absolute Gasteiger partial charge is 0.360 e. The Kier molecular flexibility index (Phi) is 3.61. The summed E-state index contributed by atoms with van der Waals surface area (Å²) in [4.78, 5) is 13.6. The number of carbonyl (C=O) groups excluding carboxylic acids is 1. The lowest BCUT2D eigenvalue weighted by Gasteiger charge is -2.09. The Labute approximate surface area is 126 Å². The molecule has 0 amide bonds.